The van der Waals surface area contributed by atoms with Crippen LogP contribution in [0, 0.1) is 5.92 Å². The fourth-order valence-corrected chi connectivity index (χ4v) is 4.08. The summed E-state index contributed by atoms with van der Waals surface area (Å²) in [5.74, 6) is -0.891. The molecule has 3 saturated heterocycles. The minimum atomic E-state index is -0.715. The lowest BCUT2D eigenvalue weighted by Crippen LogP contribution is -2.52. The molecule has 3 rings (SSSR count). The van der Waals surface area contributed by atoms with Crippen LogP contribution in [0.4, 0.5) is 0 Å². The van der Waals surface area contributed by atoms with Gasteiger partial charge in [-0.2, -0.15) is 0 Å². The quantitative estimate of drug-likeness (QED) is 0.799. The summed E-state index contributed by atoms with van der Waals surface area (Å²) in [6.07, 6.45) is 2.62. The molecule has 6 heteroatoms. The Kier molecular flexibility index (Phi) is 3.69. The molecule has 2 bridgehead atoms. The largest absolute Gasteiger partial charge is 0.481 e. The van der Waals surface area contributed by atoms with Crippen LogP contribution < -0.4 is 0 Å². The topological polar surface area (TPSA) is 70.1 Å². The minimum Gasteiger partial charge on any atom is -0.481 e. The normalized spacial score (nSPS) is 35.2. The Labute approximate surface area is 118 Å². The molecule has 1 N–H and O–H groups in total. The van der Waals surface area contributed by atoms with Crippen LogP contribution in [0.2, 0.25) is 0 Å². The van der Waals surface area contributed by atoms with Gasteiger partial charge in [0.25, 0.3) is 0 Å². The van der Waals surface area contributed by atoms with Crippen molar-refractivity contribution in [3.8, 4) is 0 Å². The summed E-state index contributed by atoms with van der Waals surface area (Å²) in [4.78, 5) is 27.9. The van der Waals surface area contributed by atoms with Crippen molar-refractivity contribution in [2.45, 2.75) is 44.3 Å². The smallest absolute Gasteiger partial charge is 0.308 e. The van der Waals surface area contributed by atoms with E-state index in [1.807, 2.05) is 11.8 Å². The molecular formula is C14H22N2O4. The zero-order valence-electron chi connectivity index (χ0n) is 11.8. The van der Waals surface area contributed by atoms with Crippen LogP contribution >= 0.6 is 0 Å². The lowest BCUT2D eigenvalue weighted by Gasteiger charge is -2.35. The zero-order valence-corrected chi connectivity index (χ0v) is 11.8. The summed E-state index contributed by atoms with van der Waals surface area (Å²) in [5, 5.41) is 9.28. The van der Waals surface area contributed by atoms with Crippen molar-refractivity contribution in [1.29, 1.82) is 0 Å². The number of carbonyl (C=O) groups excluding carboxylic acids is 1. The van der Waals surface area contributed by atoms with Gasteiger partial charge in [0.2, 0.25) is 5.91 Å². The number of carbonyl (C=O) groups is 2. The van der Waals surface area contributed by atoms with Crippen LogP contribution in [0.1, 0.15) is 26.2 Å². The summed E-state index contributed by atoms with van der Waals surface area (Å²) in [5.41, 5.74) is 0. The molecule has 4 unspecified atom stereocenters. The fourth-order valence-electron chi connectivity index (χ4n) is 4.08. The van der Waals surface area contributed by atoms with Gasteiger partial charge in [-0.05, 0) is 26.2 Å². The Bertz CT molecular complexity index is 408. The van der Waals surface area contributed by atoms with Crippen molar-refractivity contribution in [3.63, 3.8) is 0 Å². The van der Waals surface area contributed by atoms with Crippen LogP contribution in [0.15, 0.2) is 0 Å². The molecule has 0 radical (unpaired) electrons. The summed E-state index contributed by atoms with van der Waals surface area (Å²) in [6.45, 7) is 4.42. The average molecular weight is 282 g/mol. The van der Waals surface area contributed by atoms with Crippen molar-refractivity contribution >= 4 is 11.9 Å². The maximum Gasteiger partial charge on any atom is 0.308 e. The highest BCUT2D eigenvalue weighted by Crippen LogP contribution is 2.43. The summed E-state index contributed by atoms with van der Waals surface area (Å²) in [7, 11) is 0. The number of aliphatic carboxylic acids is 1. The lowest BCUT2D eigenvalue weighted by molar-refractivity contribution is -0.145. The molecule has 3 aliphatic heterocycles. The van der Waals surface area contributed by atoms with Gasteiger partial charge in [0.05, 0.1) is 25.2 Å². The van der Waals surface area contributed by atoms with Crippen molar-refractivity contribution in [2.24, 2.45) is 5.92 Å². The van der Waals surface area contributed by atoms with Crippen LogP contribution in [0.3, 0.4) is 0 Å². The average Bonchev–Trinajstić information content (AvgIpc) is 3.04. The van der Waals surface area contributed by atoms with E-state index in [1.165, 1.54) is 0 Å². The Balaban J connectivity index is 1.69. The molecule has 20 heavy (non-hydrogen) atoms. The van der Waals surface area contributed by atoms with E-state index >= 15 is 0 Å². The van der Waals surface area contributed by atoms with E-state index in [2.05, 4.69) is 4.90 Å². The molecule has 0 aliphatic carbocycles. The molecule has 4 atom stereocenters. The molecule has 0 aromatic heterocycles. The number of rotatable bonds is 3. The second kappa shape index (κ2) is 5.33. The molecule has 112 valence electrons. The monoisotopic (exact) mass is 282 g/mol. The van der Waals surface area contributed by atoms with Gasteiger partial charge >= 0.3 is 5.97 Å². The van der Waals surface area contributed by atoms with Gasteiger partial charge in [0.15, 0.2) is 0 Å². The number of carboxylic acid groups (broad SMARTS) is 1. The third-order valence-electron chi connectivity index (χ3n) is 5.04. The number of hydrogen-bond donors (Lipinski definition) is 1. The van der Waals surface area contributed by atoms with Gasteiger partial charge in [-0.15, -0.1) is 0 Å². The van der Waals surface area contributed by atoms with Crippen LogP contribution in [-0.2, 0) is 14.3 Å². The highest BCUT2D eigenvalue weighted by atomic mass is 16.5. The molecule has 0 aromatic carbocycles. The number of morpholine rings is 1. The second-order valence-corrected chi connectivity index (χ2v) is 6.04. The molecule has 3 heterocycles. The van der Waals surface area contributed by atoms with Crippen molar-refractivity contribution in [1.82, 2.24) is 9.80 Å². The summed E-state index contributed by atoms with van der Waals surface area (Å²) in [6, 6.07) is 0.0912. The van der Waals surface area contributed by atoms with Gasteiger partial charge in [0, 0.05) is 25.2 Å². The third kappa shape index (κ3) is 2.20. The van der Waals surface area contributed by atoms with Crippen molar-refractivity contribution < 1.29 is 19.4 Å². The first-order valence-electron chi connectivity index (χ1n) is 7.46. The Morgan fingerprint density at radius 2 is 1.95 bits per heavy atom. The van der Waals surface area contributed by atoms with E-state index in [9.17, 15) is 14.7 Å². The van der Waals surface area contributed by atoms with Gasteiger partial charge in [-0.3, -0.25) is 14.5 Å². The van der Waals surface area contributed by atoms with Gasteiger partial charge in [-0.1, -0.05) is 0 Å². The fraction of sp³-hybridized carbons (Fsp3) is 0.857. The van der Waals surface area contributed by atoms with E-state index in [0.717, 1.165) is 12.8 Å². The number of amides is 1. The number of ether oxygens (including phenoxy) is 1. The van der Waals surface area contributed by atoms with E-state index in [1.54, 1.807) is 0 Å². The highest BCUT2D eigenvalue weighted by molar-refractivity contribution is 5.82. The Morgan fingerprint density at radius 3 is 2.55 bits per heavy atom. The number of carboxylic acids is 1. The maximum atomic E-state index is 12.6. The Hall–Kier alpha value is -1.14. The first kappa shape index (κ1) is 13.8. The molecule has 3 fully saturated rings. The first-order chi connectivity index (χ1) is 9.59. The van der Waals surface area contributed by atoms with E-state index in [-0.39, 0.29) is 30.0 Å². The van der Waals surface area contributed by atoms with Crippen molar-refractivity contribution in [2.75, 3.05) is 26.3 Å². The van der Waals surface area contributed by atoms with Gasteiger partial charge < -0.3 is 14.7 Å². The molecule has 6 nitrogen and oxygen atoms in total. The highest BCUT2D eigenvalue weighted by Gasteiger charge is 2.52. The predicted octanol–water partition coefficient (Wildman–Crippen LogP) is 0.171. The van der Waals surface area contributed by atoms with E-state index in [4.69, 9.17) is 4.74 Å². The molecule has 0 aromatic rings. The predicted molar refractivity (Wildman–Crippen MR) is 71.3 cm³/mol. The Morgan fingerprint density at radius 1 is 1.25 bits per heavy atom. The lowest BCUT2D eigenvalue weighted by atomic mass is 9.89. The number of nitrogens with zero attached hydrogens (tertiary/aromatic N) is 2. The molecule has 3 aliphatic rings. The van der Waals surface area contributed by atoms with E-state index in [0.29, 0.717) is 32.7 Å². The molecular weight excluding hydrogens is 260 g/mol. The third-order valence-corrected chi connectivity index (χ3v) is 5.04. The maximum absolute atomic E-state index is 12.6. The van der Waals surface area contributed by atoms with Crippen LogP contribution in [0.5, 0.6) is 0 Å². The molecule has 0 spiro atoms. The van der Waals surface area contributed by atoms with Gasteiger partial charge in [0.1, 0.15) is 0 Å². The number of hydrogen-bond acceptors (Lipinski definition) is 4. The van der Waals surface area contributed by atoms with E-state index < -0.39 is 5.97 Å². The van der Waals surface area contributed by atoms with Crippen molar-refractivity contribution in [3.05, 3.63) is 0 Å². The first-order valence-corrected chi connectivity index (χ1v) is 7.46. The minimum absolute atomic E-state index is 0.0393. The second-order valence-electron chi connectivity index (χ2n) is 6.04. The molecule has 0 saturated carbocycles. The van der Waals surface area contributed by atoms with Crippen LogP contribution in [0.25, 0.3) is 0 Å². The summed E-state index contributed by atoms with van der Waals surface area (Å²) < 4.78 is 5.27. The number of fused-ring (bicyclic) bond motifs is 2. The van der Waals surface area contributed by atoms with Gasteiger partial charge in [-0.25, -0.2) is 0 Å². The SMILES string of the molecule is CC(C(=O)N1CCOCC1)N1C2CCC1C(C(=O)O)C2. The zero-order chi connectivity index (χ0) is 14.3. The summed E-state index contributed by atoms with van der Waals surface area (Å²) >= 11 is 0. The van der Waals surface area contributed by atoms with Crippen LogP contribution in [-0.4, -0.2) is 71.2 Å². The standard InChI is InChI=1S/C14H22N2O4/c1-9(13(17)15-4-6-20-7-5-15)16-10-2-3-12(16)11(8-10)14(18)19/h9-12H,2-8H2,1H3,(H,18,19). The molecule has 1 amide bonds.